The van der Waals surface area contributed by atoms with Crippen molar-refractivity contribution in [3.63, 3.8) is 0 Å². The first kappa shape index (κ1) is 52.2. The van der Waals surface area contributed by atoms with Crippen molar-refractivity contribution in [2.24, 2.45) is 5.92 Å². The van der Waals surface area contributed by atoms with Gasteiger partial charge >= 0.3 is 0 Å². The van der Waals surface area contributed by atoms with Crippen molar-refractivity contribution in [2.75, 3.05) is 59.8 Å². The molecule has 2 amide bonds. The minimum Gasteiger partial charge on any atom is -0.491 e. The van der Waals surface area contributed by atoms with Gasteiger partial charge in [0.05, 0.1) is 62.3 Å². The minimum atomic E-state index is -0.581. The van der Waals surface area contributed by atoms with Gasteiger partial charge in [-0.05, 0) is 107 Å². The molecule has 3 heterocycles. The summed E-state index contributed by atoms with van der Waals surface area (Å²) in [6, 6.07) is 25.7. The van der Waals surface area contributed by atoms with Crippen molar-refractivity contribution in [2.45, 2.75) is 90.4 Å². The van der Waals surface area contributed by atoms with Gasteiger partial charge in [0.15, 0.2) is 0 Å². The monoisotopic (exact) mass is 977 g/mol. The van der Waals surface area contributed by atoms with E-state index in [1.807, 2.05) is 55.1 Å². The number of nitrogens with one attached hydrogen (secondary N) is 2. The average Bonchev–Trinajstić information content (AvgIpc) is 4.16. The average molecular weight is 978 g/mol. The standard InChI is InChI=1S/C56H63N7O7S/c1-38(59-4)54(65)61-52(45-12-6-5-7-13-45)56(66)62-25-9-16-50(62)55-60-49(37-71-55)53(64)46-14-8-15-47(33-46)70-32-31-69-30-29-68-28-27-67-26-10-11-41-17-19-43(20-18-41)36-63-39(2)48(35-58)51(40(63)3)44-23-21-42(34-57)22-24-44/h8,14-15,17-24,33,37-38,45,50,52,59H,5-7,9,12-13,16,25-32,36H2,1-4H3,(H,61,65). The molecule has 2 fully saturated rings. The van der Waals surface area contributed by atoms with Gasteiger partial charge in [-0.3, -0.25) is 14.4 Å². The number of thiazole rings is 1. The third-order valence-corrected chi connectivity index (χ3v) is 14.3. The van der Waals surface area contributed by atoms with Crippen LogP contribution < -0.4 is 15.4 Å². The molecule has 3 unspecified atom stereocenters. The Hall–Kier alpha value is -6.64. The van der Waals surface area contributed by atoms with Crippen LogP contribution in [0.25, 0.3) is 11.1 Å². The van der Waals surface area contributed by atoms with E-state index in [2.05, 4.69) is 39.2 Å². The molecule has 2 N–H and O–H groups in total. The van der Waals surface area contributed by atoms with Crippen LogP contribution in [0.4, 0.5) is 0 Å². The lowest BCUT2D eigenvalue weighted by Crippen LogP contribution is -2.55. The topological polar surface area (TPSA) is 181 Å². The Morgan fingerprint density at radius 1 is 0.831 bits per heavy atom. The third kappa shape index (κ3) is 13.6. The van der Waals surface area contributed by atoms with Gasteiger partial charge in [0.2, 0.25) is 17.6 Å². The first-order valence-electron chi connectivity index (χ1n) is 24.5. The highest BCUT2D eigenvalue weighted by molar-refractivity contribution is 7.10. The lowest BCUT2D eigenvalue weighted by atomic mass is 9.83. The summed E-state index contributed by atoms with van der Waals surface area (Å²) in [5.41, 5.74) is 7.68. The second kappa shape index (κ2) is 26.0. The highest BCUT2D eigenvalue weighted by Crippen LogP contribution is 2.37. The van der Waals surface area contributed by atoms with Crippen LogP contribution in [0.1, 0.15) is 113 Å². The van der Waals surface area contributed by atoms with Crippen LogP contribution in [0.5, 0.6) is 5.75 Å². The first-order chi connectivity index (χ1) is 34.6. The molecule has 0 spiro atoms. The van der Waals surface area contributed by atoms with Crippen LogP contribution in [-0.4, -0.2) is 104 Å². The molecule has 71 heavy (non-hydrogen) atoms. The summed E-state index contributed by atoms with van der Waals surface area (Å²) in [5.74, 6) is 6.38. The van der Waals surface area contributed by atoms with Crippen molar-refractivity contribution < 1.29 is 33.3 Å². The predicted molar refractivity (Wildman–Crippen MR) is 272 cm³/mol. The Kier molecular flexibility index (Phi) is 19.1. The summed E-state index contributed by atoms with van der Waals surface area (Å²) >= 11 is 1.39. The Morgan fingerprint density at radius 2 is 1.54 bits per heavy atom. The SMILES string of the molecule is CNC(C)C(=O)NC(C(=O)N1CCCC1c1nc(C(=O)c2cccc(OCCOCCOCCOCC#Cc3ccc(Cn4c(C)c(C#N)c(-c5ccc(C#N)cc5)c4C)cc3)c2)cs1)C1CCCCC1. The number of nitrogens with zero attached hydrogens (tertiary/aromatic N) is 5. The Bertz CT molecular complexity index is 2750. The van der Waals surface area contributed by atoms with E-state index in [0.717, 1.165) is 83.6 Å². The van der Waals surface area contributed by atoms with Crippen molar-refractivity contribution in [3.05, 3.63) is 128 Å². The number of carbonyl (C=O) groups is 3. The van der Waals surface area contributed by atoms with Crippen molar-refractivity contribution in [1.29, 1.82) is 10.5 Å². The number of nitriles is 2. The van der Waals surface area contributed by atoms with Crippen molar-refractivity contribution in [1.82, 2.24) is 25.1 Å². The Morgan fingerprint density at radius 3 is 2.24 bits per heavy atom. The molecule has 7 rings (SSSR count). The van der Waals surface area contributed by atoms with Gasteiger partial charge in [0.1, 0.15) is 41.8 Å². The van der Waals surface area contributed by atoms with E-state index in [4.69, 9.17) is 23.9 Å². The molecular formula is C56H63N7O7S. The fourth-order valence-corrected chi connectivity index (χ4v) is 10.2. The zero-order valence-electron chi connectivity index (χ0n) is 41.1. The largest absolute Gasteiger partial charge is 0.491 e. The van der Waals surface area contributed by atoms with Gasteiger partial charge in [0.25, 0.3) is 0 Å². The van der Waals surface area contributed by atoms with Gasteiger partial charge in [-0.25, -0.2) is 4.98 Å². The summed E-state index contributed by atoms with van der Waals surface area (Å²) < 4.78 is 25.0. The fourth-order valence-electron chi connectivity index (χ4n) is 9.26. The lowest BCUT2D eigenvalue weighted by molar-refractivity contribution is -0.139. The molecule has 14 nitrogen and oxygen atoms in total. The molecule has 1 saturated carbocycles. The van der Waals surface area contributed by atoms with Gasteiger partial charge in [0, 0.05) is 46.5 Å². The van der Waals surface area contributed by atoms with E-state index in [1.165, 1.54) is 11.3 Å². The number of ether oxygens (including phenoxy) is 4. The highest BCUT2D eigenvalue weighted by Gasteiger charge is 2.40. The summed E-state index contributed by atoms with van der Waals surface area (Å²) in [6.07, 6.45) is 6.66. The van der Waals surface area contributed by atoms with Crippen LogP contribution in [-0.2, 0) is 30.3 Å². The van der Waals surface area contributed by atoms with Crippen LogP contribution in [0, 0.1) is 54.3 Å². The molecule has 1 aliphatic heterocycles. The summed E-state index contributed by atoms with van der Waals surface area (Å²) in [4.78, 5) is 47.4. The first-order valence-corrected chi connectivity index (χ1v) is 25.4. The van der Waals surface area contributed by atoms with Crippen molar-refractivity contribution in [3.8, 4) is 40.9 Å². The zero-order chi connectivity index (χ0) is 50.1. The number of likely N-dealkylation sites (N-methyl/N-ethyl adjacent to an activating group) is 1. The normalized spacial score (nSPS) is 15.5. The lowest BCUT2D eigenvalue weighted by Gasteiger charge is -2.35. The summed E-state index contributed by atoms with van der Waals surface area (Å²) in [7, 11) is 1.74. The minimum absolute atomic E-state index is 0.0597. The fraction of sp³-hybridized carbons (Fsp3) is 0.429. The van der Waals surface area contributed by atoms with Crippen molar-refractivity contribution >= 4 is 28.9 Å². The van der Waals surface area contributed by atoms with Crippen LogP contribution in [0.2, 0.25) is 0 Å². The maximum absolute atomic E-state index is 14.2. The van der Waals surface area contributed by atoms with Gasteiger partial charge in [-0.2, -0.15) is 10.5 Å². The van der Waals surface area contributed by atoms with E-state index >= 15 is 0 Å². The number of aromatic nitrogens is 2. The van der Waals surface area contributed by atoms with Crippen LogP contribution in [0.15, 0.2) is 78.2 Å². The molecule has 0 radical (unpaired) electrons. The molecule has 2 aliphatic rings. The summed E-state index contributed by atoms with van der Waals surface area (Å²) in [6.45, 7) is 9.49. The molecular weight excluding hydrogens is 915 g/mol. The Balaban J connectivity index is 0.777. The van der Waals surface area contributed by atoms with E-state index in [0.29, 0.717) is 80.9 Å². The quantitative estimate of drug-likeness (QED) is 0.0389. The maximum atomic E-state index is 14.2. The molecule has 1 aliphatic carbocycles. The molecule has 3 atom stereocenters. The van der Waals surface area contributed by atoms with E-state index < -0.39 is 12.1 Å². The number of benzene rings is 3. The molecule has 3 aromatic carbocycles. The number of ketones is 1. The van der Waals surface area contributed by atoms with E-state index in [-0.39, 0.29) is 36.2 Å². The molecule has 0 bridgehead atoms. The number of rotatable bonds is 22. The Labute approximate surface area is 421 Å². The zero-order valence-corrected chi connectivity index (χ0v) is 41.9. The molecule has 2 aromatic heterocycles. The summed E-state index contributed by atoms with van der Waals surface area (Å²) in [5, 5.41) is 27.7. The van der Waals surface area contributed by atoms with Gasteiger partial charge in [-0.1, -0.05) is 67.5 Å². The number of amides is 2. The van der Waals surface area contributed by atoms with Crippen LogP contribution >= 0.6 is 11.3 Å². The smallest absolute Gasteiger partial charge is 0.246 e. The number of carbonyl (C=O) groups excluding carboxylic acids is 3. The van der Waals surface area contributed by atoms with Gasteiger partial charge in [-0.15, -0.1) is 11.3 Å². The second-order valence-corrected chi connectivity index (χ2v) is 18.8. The van der Waals surface area contributed by atoms with Gasteiger partial charge < -0.3 is 39.0 Å². The molecule has 15 heteroatoms. The van der Waals surface area contributed by atoms with E-state index in [9.17, 15) is 24.9 Å². The van der Waals surface area contributed by atoms with E-state index in [1.54, 1.807) is 55.7 Å². The predicted octanol–water partition coefficient (Wildman–Crippen LogP) is 8.07. The number of hydrogen-bond donors (Lipinski definition) is 2. The third-order valence-electron chi connectivity index (χ3n) is 13.3. The van der Waals surface area contributed by atoms with Crippen LogP contribution in [0.3, 0.4) is 0 Å². The number of likely N-dealkylation sites (tertiary alicyclic amines) is 1. The molecule has 370 valence electrons. The molecule has 1 saturated heterocycles. The second-order valence-electron chi connectivity index (χ2n) is 17.9. The number of hydrogen-bond acceptors (Lipinski definition) is 12. The maximum Gasteiger partial charge on any atom is 0.246 e. The highest BCUT2D eigenvalue weighted by atomic mass is 32.1. The molecule has 5 aromatic rings.